The van der Waals surface area contributed by atoms with Crippen molar-refractivity contribution in [1.29, 1.82) is 0 Å². The molecule has 1 N–H and O–H groups in total. The molecule has 0 heterocycles. The highest BCUT2D eigenvalue weighted by Crippen LogP contribution is 2.23. The fourth-order valence-electron chi connectivity index (χ4n) is 2.09. The molecule has 0 aliphatic heterocycles. The van der Waals surface area contributed by atoms with Gasteiger partial charge in [0.1, 0.15) is 24.5 Å². The number of methoxy groups -OCH3 is 1. The highest BCUT2D eigenvalue weighted by molar-refractivity contribution is 5.96. The molecule has 0 spiro atoms. The minimum Gasteiger partial charge on any atom is -0.444 e. The van der Waals surface area contributed by atoms with E-state index in [2.05, 4.69) is 17.6 Å². The van der Waals surface area contributed by atoms with Gasteiger partial charge in [-0.2, -0.15) is 0 Å². The molecule has 0 aliphatic carbocycles. The van der Waals surface area contributed by atoms with Crippen molar-refractivity contribution in [2.75, 3.05) is 13.9 Å². The molecule has 2 atom stereocenters. The monoisotopic (exact) mass is 347 g/mol. The van der Waals surface area contributed by atoms with E-state index in [9.17, 15) is 9.59 Å². The van der Waals surface area contributed by atoms with Gasteiger partial charge in [0.05, 0.1) is 0 Å². The van der Waals surface area contributed by atoms with E-state index in [4.69, 9.17) is 14.2 Å². The van der Waals surface area contributed by atoms with Crippen LogP contribution in [0, 0.1) is 0 Å². The minimum atomic E-state index is -1.01. The fourth-order valence-corrected chi connectivity index (χ4v) is 2.09. The number of amides is 1. The molecule has 1 amide bonds. The second-order valence-corrected chi connectivity index (χ2v) is 6.28. The molecule has 1 aromatic carbocycles. The van der Waals surface area contributed by atoms with Crippen molar-refractivity contribution in [3.8, 4) is 0 Å². The normalized spacial score (nSPS) is 13.3. The Morgan fingerprint density at radius 3 is 2.44 bits per heavy atom. The zero-order chi connectivity index (χ0) is 18.9. The Morgan fingerprint density at radius 2 is 1.92 bits per heavy atom. The van der Waals surface area contributed by atoms with E-state index < -0.39 is 29.6 Å². The molecule has 6 heteroatoms. The summed E-state index contributed by atoms with van der Waals surface area (Å²) in [5, 5.41) is 2.58. The minimum absolute atomic E-state index is 0.0445. The van der Waals surface area contributed by atoms with Crippen LogP contribution in [0.2, 0.25) is 0 Å². The Kier molecular flexibility index (Phi) is 8.08. The van der Waals surface area contributed by atoms with E-state index in [1.165, 1.54) is 7.11 Å². The van der Waals surface area contributed by atoms with Gasteiger partial charge in [0.2, 0.25) is 0 Å². The average Bonchev–Trinajstić information content (AvgIpc) is 2.53. The van der Waals surface area contributed by atoms with Crippen molar-refractivity contribution in [3.63, 3.8) is 0 Å². The summed E-state index contributed by atoms with van der Waals surface area (Å²) in [6.45, 7) is 8.58. The zero-order valence-electron chi connectivity index (χ0n) is 15.1. The molecule has 0 saturated heterocycles. The molecule has 0 fully saturated rings. The first-order valence-corrected chi connectivity index (χ1v) is 7.83. The summed E-state index contributed by atoms with van der Waals surface area (Å²) < 4.78 is 15.9. The van der Waals surface area contributed by atoms with Gasteiger partial charge in [0.25, 0.3) is 0 Å². The molecular weight excluding hydrogens is 322 g/mol. The molecule has 0 unspecified atom stereocenters. The van der Waals surface area contributed by atoms with Gasteiger partial charge in [0, 0.05) is 13.2 Å². The quantitative estimate of drug-likeness (QED) is 0.444. The predicted octanol–water partition coefficient (Wildman–Crippen LogP) is 3.15. The molecular formula is C19H25NO5. The average molecular weight is 347 g/mol. The Bertz CT molecular complexity index is 614. The van der Waals surface area contributed by atoms with Crippen LogP contribution in [0.3, 0.4) is 0 Å². The van der Waals surface area contributed by atoms with Crippen molar-refractivity contribution in [2.24, 2.45) is 0 Å². The Morgan fingerprint density at radius 1 is 1.28 bits per heavy atom. The van der Waals surface area contributed by atoms with Crippen LogP contribution >= 0.6 is 0 Å². The lowest BCUT2D eigenvalue weighted by Gasteiger charge is -2.28. The third-order valence-electron chi connectivity index (χ3n) is 3.02. The van der Waals surface area contributed by atoms with Gasteiger partial charge >= 0.3 is 6.09 Å². The van der Waals surface area contributed by atoms with Gasteiger partial charge in [-0.1, -0.05) is 36.9 Å². The number of hydrogen-bond donors (Lipinski definition) is 1. The van der Waals surface area contributed by atoms with Crippen LogP contribution in [0.25, 0.3) is 0 Å². The van der Waals surface area contributed by atoms with Crippen LogP contribution in [-0.2, 0) is 19.0 Å². The molecule has 0 aliphatic rings. The van der Waals surface area contributed by atoms with Crippen molar-refractivity contribution in [2.45, 2.75) is 38.5 Å². The lowest BCUT2D eigenvalue weighted by atomic mass is 9.98. The van der Waals surface area contributed by atoms with Crippen molar-refractivity contribution < 1.29 is 23.8 Å². The van der Waals surface area contributed by atoms with Crippen LogP contribution in [0.15, 0.2) is 48.7 Å². The molecule has 6 nitrogen and oxygen atoms in total. The SMILES string of the molecule is C=C=CC(=O)[C@H](NC(=O)OC(C)(C)C)[C@@H](OCOC)c1ccccc1. The molecule has 0 bridgehead atoms. The van der Waals surface area contributed by atoms with E-state index in [0.29, 0.717) is 5.56 Å². The predicted molar refractivity (Wildman–Crippen MR) is 94.0 cm³/mol. The summed E-state index contributed by atoms with van der Waals surface area (Å²) in [6, 6.07) is 8.07. The Balaban J connectivity index is 3.13. The number of carbonyl (C=O) groups is 2. The van der Waals surface area contributed by atoms with E-state index in [1.807, 2.05) is 18.2 Å². The number of ketones is 1. The highest BCUT2D eigenvalue weighted by Gasteiger charge is 2.32. The largest absolute Gasteiger partial charge is 0.444 e. The van der Waals surface area contributed by atoms with Crippen LogP contribution < -0.4 is 5.32 Å². The van der Waals surface area contributed by atoms with Gasteiger partial charge in [0.15, 0.2) is 5.78 Å². The second-order valence-electron chi connectivity index (χ2n) is 6.28. The lowest BCUT2D eigenvalue weighted by molar-refractivity contribution is -0.126. The molecule has 1 rings (SSSR count). The van der Waals surface area contributed by atoms with Crippen LogP contribution in [0.1, 0.15) is 32.4 Å². The number of alkyl carbamates (subject to hydrolysis) is 1. The summed E-state index contributed by atoms with van der Waals surface area (Å²) in [6.07, 6.45) is -0.315. The lowest BCUT2D eigenvalue weighted by Crippen LogP contribution is -2.47. The van der Waals surface area contributed by atoms with Gasteiger partial charge in [-0.15, -0.1) is 5.73 Å². The summed E-state index contributed by atoms with van der Waals surface area (Å²) in [5.74, 6) is -0.411. The maximum absolute atomic E-state index is 12.5. The summed E-state index contributed by atoms with van der Waals surface area (Å²) in [5.41, 5.74) is 2.45. The zero-order valence-corrected chi connectivity index (χ0v) is 15.1. The topological polar surface area (TPSA) is 73.9 Å². The number of ether oxygens (including phenoxy) is 3. The van der Waals surface area contributed by atoms with E-state index >= 15 is 0 Å². The molecule has 0 aromatic heterocycles. The van der Waals surface area contributed by atoms with Crippen LogP contribution in [-0.4, -0.2) is 37.4 Å². The van der Waals surface area contributed by atoms with E-state index in [-0.39, 0.29) is 6.79 Å². The van der Waals surface area contributed by atoms with Gasteiger partial charge in [-0.3, -0.25) is 4.79 Å². The maximum Gasteiger partial charge on any atom is 0.408 e. The number of rotatable bonds is 8. The first-order valence-electron chi connectivity index (χ1n) is 7.83. The Hall–Kier alpha value is -2.40. The van der Waals surface area contributed by atoms with E-state index in [0.717, 1.165) is 6.08 Å². The van der Waals surface area contributed by atoms with E-state index in [1.54, 1.807) is 32.9 Å². The smallest absolute Gasteiger partial charge is 0.408 e. The van der Waals surface area contributed by atoms with Crippen LogP contribution in [0.5, 0.6) is 0 Å². The third-order valence-corrected chi connectivity index (χ3v) is 3.02. The summed E-state index contributed by atoms with van der Waals surface area (Å²) in [4.78, 5) is 24.6. The molecule has 1 aromatic rings. The standard InChI is InChI=1S/C19H25NO5/c1-6-10-15(21)16(20-18(22)25-19(2,3)4)17(24-13-23-5)14-11-8-7-9-12-14/h7-12,16-17H,1,13H2,2-5H3,(H,20,22)/t16-,17-/m0/s1. The summed E-state index contributed by atoms with van der Waals surface area (Å²) >= 11 is 0. The van der Waals surface area contributed by atoms with Gasteiger partial charge in [-0.25, -0.2) is 4.79 Å². The van der Waals surface area contributed by atoms with Crippen molar-refractivity contribution >= 4 is 11.9 Å². The second kappa shape index (κ2) is 9.79. The molecule has 25 heavy (non-hydrogen) atoms. The fraction of sp³-hybridized carbons (Fsp3) is 0.421. The number of nitrogens with one attached hydrogen (secondary N) is 1. The van der Waals surface area contributed by atoms with Gasteiger partial charge in [-0.05, 0) is 26.3 Å². The third kappa shape index (κ3) is 7.35. The molecule has 0 saturated carbocycles. The van der Waals surface area contributed by atoms with Gasteiger partial charge < -0.3 is 19.5 Å². The number of benzene rings is 1. The Labute approximate surface area is 148 Å². The van der Waals surface area contributed by atoms with Crippen molar-refractivity contribution in [1.82, 2.24) is 5.32 Å². The highest BCUT2D eigenvalue weighted by atomic mass is 16.7. The maximum atomic E-state index is 12.5. The number of carbonyl (C=O) groups excluding carboxylic acids is 2. The first kappa shape index (κ1) is 20.6. The molecule has 136 valence electrons. The van der Waals surface area contributed by atoms with Crippen LogP contribution in [0.4, 0.5) is 4.79 Å². The number of hydrogen-bond acceptors (Lipinski definition) is 5. The summed E-state index contributed by atoms with van der Waals surface area (Å²) in [7, 11) is 1.48. The molecule has 0 radical (unpaired) electrons. The van der Waals surface area contributed by atoms with Crippen molar-refractivity contribution in [3.05, 3.63) is 54.3 Å². The first-order chi connectivity index (χ1) is 11.8.